The van der Waals surface area contributed by atoms with Crippen LogP contribution < -0.4 is 5.32 Å². The van der Waals surface area contributed by atoms with Gasteiger partial charge in [-0.1, -0.05) is 45.0 Å². The topological polar surface area (TPSA) is 92.7 Å². The highest BCUT2D eigenvalue weighted by atomic mass is 16.5. The molecule has 0 saturated carbocycles. The van der Waals surface area contributed by atoms with Crippen LogP contribution in [-0.2, 0) is 31.0 Å². The van der Waals surface area contributed by atoms with E-state index in [4.69, 9.17) is 0 Å². The molecule has 0 unspecified atom stereocenters. The van der Waals surface area contributed by atoms with E-state index in [0.717, 1.165) is 11.1 Å². The number of hydrogen-bond acceptors (Lipinski definition) is 4. The molecule has 23 heavy (non-hydrogen) atoms. The average molecular weight is 321 g/mol. The molecule has 1 amide bonds. The maximum Gasteiger partial charge on any atom is 0.326 e. The molecule has 0 aliphatic carbocycles. The highest BCUT2D eigenvalue weighted by molar-refractivity contribution is 5.85. The molecule has 1 aromatic rings. The first-order chi connectivity index (χ1) is 10.6. The molecular formula is C17H23NO5. The van der Waals surface area contributed by atoms with E-state index in [1.807, 2.05) is 24.3 Å². The second kappa shape index (κ2) is 7.76. The Kier molecular flexibility index (Phi) is 6.30. The lowest BCUT2D eigenvalue weighted by Crippen LogP contribution is -2.44. The predicted octanol–water partition coefficient (Wildman–Crippen LogP) is 1.66. The van der Waals surface area contributed by atoms with Gasteiger partial charge in [-0.15, -0.1) is 0 Å². The van der Waals surface area contributed by atoms with Crippen molar-refractivity contribution in [2.75, 3.05) is 6.61 Å². The zero-order valence-corrected chi connectivity index (χ0v) is 13.9. The lowest BCUT2D eigenvalue weighted by Gasteiger charge is -2.20. The molecule has 6 nitrogen and oxygen atoms in total. The summed E-state index contributed by atoms with van der Waals surface area (Å²) in [6.07, 6.45) is 0.158. The van der Waals surface area contributed by atoms with Crippen LogP contribution in [0.2, 0.25) is 0 Å². The van der Waals surface area contributed by atoms with Gasteiger partial charge in [-0.05, 0) is 16.5 Å². The Morgan fingerprint density at radius 1 is 1.17 bits per heavy atom. The van der Waals surface area contributed by atoms with E-state index < -0.39 is 30.5 Å². The number of carbonyl (C=O) groups excluding carboxylic acids is 2. The van der Waals surface area contributed by atoms with Crippen molar-refractivity contribution >= 4 is 17.8 Å². The van der Waals surface area contributed by atoms with Gasteiger partial charge in [-0.2, -0.15) is 0 Å². The van der Waals surface area contributed by atoms with Crippen molar-refractivity contribution in [1.29, 1.82) is 0 Å². The zero-order chi connectivity index (χ0) is 17.6. The van der Waals surface area contributed by atoms with Crippen LogP contribution in [0.25, 0.3) is 0 Å². The first kappa shape index (κ1) is 18.7. The molecular weight excluding hydrogens is 298 g/mol. The van der Waals surface area contributed by atoms with E-state index in [1.165, 1.54) is 6.92 Å². The number of esters is 1. The minimum Gasteiger partial charge on any atom is -0.480 e. The van der Waals surface area contributed by atoms with Gasteiger partial charge in [0.05, 0.1) is 0 Å². The second-order valence-corrected chi connectivity index (χ2v) is 6.39. The smallest absolute Gasteiger partial charge is 0.326 e. The van der Waals surface area contributed by atoms with Crippen molar-refractivity contribution in [3.05, 3.63) is 35.4 Å². The fourth-order valence-electron chi connectivity index (χ4n) is 1.98. The summed E-state index contributed by atoms with van der Waals surface area (Å²) in [4.78, 5) is 33.5. The third-order valence-corrected chi connectivity index (χ3v) is 3.30. The molecule has 0 aliphatic rings. The van der Waals surface area contributed by atoms with Gasteiger partial charge in [0.1, 0.15) is 6.04 Å². The number of aliphatic carboxylic acids is 1. The Labute approximate surface area is 135 Å². The Balaban J connectivity index is 2.71. The second-order valence-electron chi connectivity index (χ2n) is 6.39. The fourth-order valence-corrected chi connectivity index (χ4v) is 1.98. The van der Waals surface area contributed by atoms with Crippen LogP contribution in [0.15, 0.2) is 24.3 Å². The van der Waals surface area contributed by atoms with Crippen molar-refractivity contribution in [2.45, 2.75) is 45.6 Å². The molecule has 0 spiro atoms. The number of rotatable bonds is 6. The van der Waals surface area contributed by atoms with Gasteiger partial charge in [0.2, 0.25) is 0 Å². The lowest BCUT2D eigenvalue weighted by atomic mass is 9.86. The van der Waals surface area contributed by atoms with Crippen molar-refractivity contribution < 1.29 is 24.2 Å². The van der Waals surface area contributed by atoms with Crippen LogP contribution in [0.4, 0.5) is 0 Å². The van der Waals surface area contributed by atoms with Crippen molar-refractivity contribution in [3.63, 3.8) is 0 Å². The number of ether oxygens (including phenoxy) is 1. The summed E-state index contributed by atoms with van der Waals surface area (Å²) in [6.45, 7) is 6.98. The van der Waals surface area contributed by atoms with Crippen molar-refractivity contribution in [1.82, 2.24) is 5.32 Å². The first-order valence-electron chi connectivity index (χ1n) is 7.34. The number of carboxylic acid groups (broad SMARTS) is 1. The molecule has 0 fully saturated rings. The van der Waals surface area contributed by atoms with Gasteiger partial charge in [-0.25, -0.2) is 4.79 Å². The molecule has 2 N–H and O–H groups in total. The number of carboxylic acids is 1. The molecule has 6 heteroatoms. The average Bonchev–Trinajstić information content (AvgIpc) is 2.44. The third kappa shape index (κ3) is 6.50. The van der Waals surface area contributed by atoms with Crippen LogP contribution in [-0.4, -0.2) is 35.6 Å². The van der Waals surface area contributed by atoms with Crippen LogP contribution in [0.1, 0.15) is 38.8 Å². The van der Waals surface area contributed by atoms with Crippen molar-refractivity contribution in [3.8, 4) is 0 Å². The molecule has 0 saturated heterocycles. The van der Waals surface area contributed by atoms with Crippen LogP contribution >= 0.6 is 0 Å². The number of carbonyl (C=O) groups is 3. The molecule has 126 valence electrons. The minimum atomic E-state index is -1.14. The van der Waals surface area contributed by atoms with Crippen molar-refractivity contribution in [2.24, 2.45) is 0 Å². The predicted molar refractivity (Wildman–Crippen MR) is 85.0 cm³/mol. The summed E-state index contributed by atoms with van der Waals surface area (Å²) >= 11 is 0. The molecule has 0 bridgehead atoms. The molecule has 0 heterocycles. The lowest BCUT2D eigenvalue weighted by molar-refractivity contribution is -0.148. The summed E-state index contributed by atoms with van der Waals surface area (Å²) < 4.78 is 4.54. The molecule has 0 aliphatic heterocycles. The Bertz CT molecular complexity index is 572. The summed E-state index contributed by atoms with van der Waals surface area (Å²) in [6, 6.07) is 6.55. The molecule has 1 aromatic carbocycles. The Hall–Kier alpha value is -2.37. The van der Waals surface area contributed by atoms with Gasteiger partial charge < -0.3 is 15.2 Å². The van der Waals surface area contributed by atoms with Gasteiger partial charge in [0.25, 0.3) is 5.91 Å². The van der Waals surface area contributed by atoms with Crippen LogP contribution in [0, 0.1) is 0 Å². The van der Waals surface area contributed by atoms with Crippen LogP contribution in [0.3, 0.4) is 0 Å². The molecule has 0 aromatic heterocycles. The van der Waals surface area contributed by atoms with E-state index in [2.05, 4.69) is 30.8 Å². The SMILES string of the molecule is CC(=O)OCC(=O)N[C@H](Cc1ccc(C(C)(C)C)cc1)C(=O)O. The van der Waals surface area contributed by atoms with E-state index in [-0.39, 0.29) is 11.8 Å². The normalized spacial score (nSPS) is 12.3. The number of benzene rings is 1. The van der Waals surface area contributed by atoms with Gasteiger partial charge in [0, 0.05) is 13.3 Å². The minimum absolute atomic E-state index is 0.0168. The van der Waals surface area contributed by atoms with E-state index >= 15 is 0 Å². The summed E-state index contributed by atoms with van der Waals surface area (Å²) in [7, 11) is 0. The standard InChI is InChI=1S/C17H23NO5/c1-11(19)23-10-15(20)18-14(16(21)22)9-12-5-7-13(8-6-12)17(2,3)4/h5-8,14H,9-10H2,1-4H3,(H,18,20)(H,21,22)/t14-/m1/s1. The summed E-state index contributed by atoms with van der Waals surface area (Å²) in [5.41, 5.74) is 1.97. The fraction of sp³-hybridized carbons (Fsp3) is 0.471. The van der Waals surface area contributed by atoms with Gasteiger partial charge >= 0.3 is 11.9 Å². The molecule has 0 radical (unpaired) electrons. The Morgan fingerprint density at radius 2 is 1.74 bits per heavy atom. The Morgan fingerprint density at radius 3 is 2.17 bits per heavy atom. The maximum atomic E-state index is 11.6. The number of nitrogens with one attached hydrogen (secondary N) is 1. The van der Waals surface area contributed by atoms with E-state index in [1.54, 1.807) is 0 Å². The molecule has 1 rings (SSSR count). The van der Waals surface area contributed by atoms with Gasteiger partial charge in [0.15, 0.2) is 6.61 Å². The third-order valence-electron chi connectivity index (χ3n) is 3.30. The number of hydrogen-bond donors (Lipinski definition) is 2. The monoisotopic (exact) mass is 321 g/mol. The summed E-state index contributed by atoms with van der Waals surface area (Å²) in [5, 5.41) is 11.6. The quantitative estimate of drug-likeness (QED) is 0.777. The zero-order valence-electron chi connectivity index (χ0n) is 13.9. The number of amides is 1. The van der Waals surface area contributed by atoms with E-state index in [9.17, 15) is 19.5 Å². The first-order valence-corrected chi connectivity index (χ1v) is 7.34. The van der Waals surface area contributed by atoms with Crippen LogP contribution in [0.5, 0.6) is 0 Å². The highest BCUT2D eigenvalue weighted by Gasteiger charge is 2.21. The summed E-state index contributed by atoms with van der Waals surface area (Å²) in [5.74, 6) is -2.37. The van der Waals surface area contributed by atoms with Gasteiger partial charge in [-0.3, -0.25) is 9.59 Å². The molecule has 1 atom stereocenters. The van der Waals surface area contributed by atoms with E-state index in [0.29, 0.717) is 0 Å². The highest BCUT2D eigenvalue weighted by Crippen LogP contribution is 2.22. The maximum absolute atomic E-state index is 11.6. The largest absolute Gasteiger partial charge is 0.480 e.